The van der Waals surface area contributed by atoms with Gasteiger partial charge in [0.2, 0.25) is 0 Å². The maximum Gasteiger partial charge on any atom is 0.251 e. The summed E-state index contributed by atoms with van der Waals surface area (Å²) in [6, 6.07) is 16.3. The number of carbonyl (C=O) groups is 1. The van der Waals surface area contributed by atoms with E-state index in [9.17, 15) is 4.79 Å². The molecule has 1 aliphatic heterocycles. The van der Waals surface area contributed by atoms with E-state index in [0.717, 1.165) is 18.8 Å². The van der Waals surface area contributed by atoms with Gasteiger partial charge in [-0.05, 0) is 63.5 Å². The van der Waals surface area contributed by atoms with Crippen molar-refractivity contribution >= 4 is 5.91 Å². The smallest absolute Gasteiger partial charge is 0.251 e. The summed E-state index contributed by atoms with van der Waals surface area (Å²) in [7, 11) is 0. The molecular formula is C23H30N2O2. The van der Waals surface area contributed by atoms with Crippen LogP contribution < -0.4 is 10.1 Å². The van der Waals surface area contributed by atoms with Crippen molar-refractivity contribution in [1.82, 2.24) is 10.2 Å². The number of nitrogens with one attached hydrogen (secondary N) is 1. The molecule has 1 amide bonds. The molecule has 4 heteroatoms. The Bertz CT molecular complexity index is 736. The number of hydrogen-bond donors (Lipinski definition) is 1. The topological polar surface area (TPSA) is 41.6 Å². The van der Waals surface area contributed by atoms with Crippen molar-refractivity contribution in [3.63, 3.8) is 0 Å². The molecule has 4 nitrogen and oxygen atoms in total. The standard InChI is InChI=1S/C23H30N2O2/c1-3-27-21-9-7-8-20(16-21)23(26)24-17-22(25-14-5-4-6-15-25)19-12-10-18(2)11-13-19/h7-13,16,22H,3-6,14-15,17H2,1-2H3,(H,24,26). The van der Waals surface area contributed by atoms with Gasteiger partial charge in [0.05, 0.1) is 12.6 Å². The Balaban J connectivity index is 1.71. The third-order valence-electron chi connectivity index (χ3n) is 5.16. The van der Waals surface area contributed by atoms with Crippen LogP contribution in [0.15, 0.2) is 48.5 Å². The highest BCUT2D eigenvalue weighted by Crippen LogP contribution is 2.25. The zero-order valence-corrected chi connectivity index (χ0v) is 16.4. The molecule has 27 heavy (non-hydrogen) atoms. The van der Waals surface area contributed by atoms with Gasteiger partial charge in [-0.1, -0.05) is 42.3 Å². The number of nitrogens with zero attached hydrogens (tertiary/aromatic N) is 1. The van der Waals surface area contributed by atoms with Crippen molar-refractivity contribution < 1.29 is 9.53 Å². The highest BCUT2D eigenvalue weighted by Gasteiger charge is 2.23. The lowest BCUT2D eigenvalue weighted by molar-refractivity contribution is 0.0924. The van der Waals surface area contributed by atoms with E-state index in [2.05, 4.69) is 41.4 Å². The molecule has 1 N–H and O–H groups in total. The lowest BCUT2D eigenvalue weighted by Gasteiger charge is -2.35. The van der Waals surface area contributed by atoms with Crippen molar-refractivity contribution in [2.75, 3.05) is 26.2 Å². The number of likely N-dealkylation sites (tertiary alicyclic amines) is 1. The molecule has 1 aliphatic rings. The fraction of sp³-hybridized carbons (Fsp3) is 0.435. The van der Waals surface area contributed by atoms with Gasteiger partial charge in [0.1, 0.15) is 5.75 Å². The van der Waals surface area contributed by atoms with Crippen molar-refractivity contribution in [2.24, 2.45) is 0 Å². The summed E-state index contributed by atoms with van der Waals surface area (Å²) in [5, 5.41) is 3.14. The van der Waals surface area contributed by atoms with Crippen LogP contribution in [0.4, 0.5) is 0 Å². The number of aryl methyl sites for hydroxylation is 1. The molecule has 1 fully saturated rings. The van der Waals surface area contributed by atoms with Crippen molar-refractivity contribution in [1.29, 1.82) is 0 Å². The van der Waals surface area contributed by atoms with Crippen molar-refractivity contribution in [2.45, 2.75) is 39.2 Å². The van der Waals surface area contributed by atoms with Crippen LogP contribution in [0.2, 0.25) is 0 Å². The maximum atomic E-state index is 12.7. The largest absolute Gasteiger partial charge is 0.494 e. The van der Waals surface area contributed by atoms with Crippen LogP contribution in [0.5, 0.6) is 5.75 Å². The van der Waals surface area contributed by atoms with E-state index in [1.165, 1.54) is 30.4 Å². The zero-order chi connectivity index (χ0) is 19.1. The lowest BCUT2D eigenvalue weighted by Crippen LogP contribution is -2.40. The van der Waals surface area contributed by atoms with Gasteiger partial charge in [-0.3, -0.25) is 9.69 Å². The predicted molar refractivity (Wildman–Crippen MR) is 109 cm³/mol. The minimum absolute atomic E-state index is 0.0503. The molecule has 2 aromatic rings. The monoisotopic (exact) mass is 366 g/mol. The molecule has 1 atom stereocenters. The van der Waals surface area contributed by atoms with E-state index < -0.39 is 0 Å². The van der Waals surface area contributed by atoms with Crippen LogP contribution in [0.3, 0.4) is 0 Å². The fourth-order valence-electron chi connectivity index (χ4n) is 3.66. The van der Waals surface area contributed by atoms with Gasteiger partial charge in [-0.25, -0.2) is 0 Å². The highest BCUT2D eigenvalue weighted by molar-refractivity contribution is 5.94. The van der Waals surface area contributed by atoms with E-state index in [1.54, 1.807) is 6.07 Å². The lowest BCUT2D eigenvalue weighted by atomic mass is 10.0. The van der Waals surface area contributed by atoms with Gasteiger partial charge in [0.15, 0.2) is 0 Å². The molecule has 0 saturated carbocycles. The molecule has 144 valence electrons. The van der Waals surface area contributed by atoms with Crippen molar-refractivity contribution in [3.05, 3.63) is 65.2 Å². The second kappa shape index (κ2) is 9.56. The van der Waals surface area contributed by atoms with Gasteiger partial charge in [0.25, 0.3) is 5.91 Å². The van der Waals surface area contributed by atoms with E-state index in [4.69, 9.17) is 4.74 Å². The first-order valence-electron chi connectivity index (χ1n) is 9.99. The molecule has 1 unspecified atom stereocenters. The summed E-state index contributed by atoms with van der Waals surface area (Å²) in [6.45, 7) is 7.43. The molecule has 0 aliphatic carbocycles. The molecule has 0 spiro atoms. The molecule has 3 rings (SSSR count). The van der Waals surface area contributed by atoms with Crippen molar-refractivity contribution in [3.8, 4) is 5.75 Å². The Kier molecular flexibility index (Phi) is 6.88. The highest BCUT2D eigenvalue weighted by atomic mass is 16.5. The minimum atomic E-state index is -0.0503. The van der Waals surface area contributed by atoms with Gasteiger partial charge < -0.3 is 10.1 Å². The summed E-state index contributed by atoms with van der Waals surface area (Å²) in [6.07, 6.45) is 3.76. The van der Waals surface area contributed by atoms with Crippen LogP contribution in [0.1, 0.15) is 53.7 Å². The minimum Gasteiger partial charge on any atom is -0.494 e. The maximum absolute atomic E-state index is 12.7. The first kappa shape index (κ1) is 19.4. The molecule has 0 radical (unpaired) electrons. The normalized spacial score (nSPS) is 15.9. The number of benzene rings is 2. The summed E-state index contributed by atoms with van der Waals surface area (Å²) in [4.78, 5) is 15.2. The molecule has 2 aromatic carbocycles. The van der Waals surface area contributed by atoms with Crippen LogP contribution in [0, 0.1) is 6.92 Å². The molecule has 1 saturated heterocycles. The van der Waals surface area contributed by atoms with Crippen LogP contribution in [0.25, 0.3) is 0 Å². The quantitative estimate of drug-likeness (QED) is 0.792. The van der Waals surface area contributed by atoms with E-state index >= 15 is 0 Å². The summed E-state index contributed by atoms with van der Waals surface area (Å²) < 4.78 is 5.51. The molecular weight excluding hydrogens is 336 g/mol. The third kappa shape index (κ3) is 5.33. The second-order valence-electron chi connectivity index (χ2n) is 7.19. The Labute approximate surface area is 162 Å². The second-order valence-corrected chi connectivity index (χ2v) is 7.19. The average Bonchev–Trinajstić information content (AvgIpc) is 2.70. The predicted octanol–water partition coefficient (Wildman–Crippen LogP) is 4.35. The molecule has 1 heterocycles. The number of rotatable bonds is 7. The first-order valence-corrected chi connectivity index (χ1v) is 9.99. The Hall–Kier alpha value is -2.33. The van der Waals surface area contributed by atoms with Gasteiger partial charge >= 0.3 is 0 Å². The zero-order valence-electron chi connectivity index (χ0n) is 16.4. The number of amides is 1. The van der Waals surface area contributed by atoms with Gasteiger partial charge in [-0.2, -0.15) is 0 Å². The van der Waals surface area contributed by atoms with Crippen LogP contribution in [-0.4, -0.2) is 37.0 Å². The average molecular weight is 367 g/mol. The summed E-state index contributed by atoms with van der Waals surface area (Å²) >= 11 is 0. The SMILES string of the molecule is CCOc1cccc(C(=O)NCC(c2ccc(C)cc2)N2CCCCC2)c1. The van der Waals surface area contributed by atoms with E-state index in [-0.39, 0.29) is 11.9 Å². The van der Waals surface area contributed by atoms with Crippen LogP contribution >= 0.6 is 0 Å². The van der Waals surface area contributed by atoms with E-state index in [1.807, 2.05) is 25.1 Å². The summed E-state index contributed by atoms with van der Waals surface area (Å²) in [5.74, 6) is 0.682. The van der Waals surface area contributed by atoms with Gasteiger partial charge in [-0.15, -0.1) is 0 Å². The molecule has 0 aromatic heterocycles. The number of hydrogen-bond acceptors (Lipinski definition) is 3. The Morgan fingerprint density at radius 1 is 1.11 bits per heavy atom. The number of carbonyl (C=O) groups excluding carboxylic acids is 1. The Morgan fingerprint density at radius 3 is 2.56 bits per heavy atom. The van der Waals surface area contributed by atoms with Gasteiger partial charge in [0, 0.05) is 12.1 Å². The number of ether oxygens (including phenoxy) is 1. The molecule has 0 bridgehead atoms. The Morgan fingerprint density at radius 2 is 1.85 bits per heavy atom. The fourth-order valence-corrected chi connectivity index (χ4v) is 3.66. The number of piperidine rings is 1. The third-order valence-corrected chi connectivity index (χ3v) is 5.16. The van der Waals surface area contributed by atoms with E-state index in [0.29, 0.717) is 18.7 Å². The van der Waals surface area contributed by atoms with Crippen LogP contribution in [-0.2, 0) is 0 Å². The summed E-state index contributed by atoms with van der Waals surface area (Å²) in [5.41, 5.74) is 3.17. The first-order chi connectivity index (χ1) is 13.2.